The topological polar surface area (TPSA) is 107 Å². The molecule has 0 heterocycles. The van der Waals surface area contributed by atoms with E-state index in [1.807, 2.05) is 13.8 Å². The van der Waals surface area contributed by atoms with Gasteiger partial charge in [0.15, 0.2) is 6.10 Å². The van der Waals surface area contributed by atoms with E-state index in [1.165, 1.54) is 0 Å². The molecule has 1 N–H and O–H groups in total. The number of rotatable bonds is 7. The molecule has 7 nitrogen and oxygen atoms in total. The van der Waals surface area contributed by atoms with Crippen molar-refractivity contribution in [3.63, 3.8) is 0 Å². The molecule has 0 aromatic carbocycles. The van der Waals surface area contributed by atoms with Gasteiger partial charge < -0.3 is 9.47 Å². The van der Waals surface area contributed by atoms with E-state index in [0.29, 0.717) is 25.7 Å². The van der Waals surface area contributed by atoms with Gasteiger partial charge in [0.05, 0.1) is 11.3 Å². The summed E-state index contributed by atoms with van der Waals surface area (Å²) in [7, 11) is -5.71. The van der Waals surface area contributed by atoms with Crippen LogP contribution in [-0.4, -0.2) is 41.9 Å². The number of hydrogen-bond donors (Lipinski definition) is 1. The fourth-order valence-corrected chi connectivity index (χ4v) is 6.12. The third-order valence-electron chi connectivity index (χ3n) is 7.68. The summed E-state index contributed by atoms with van der Waals surface area (Å²) in [6.07, 6.45) is 1.07. The fraction of sp³-hybridized carbons (Fsp3) is 0.900. The van der Waals surface area contributed by atoms with Gasteiger partial charge in [-0.3, -0.25) is 14.1 Å². The lowest BCUT2D eigenvalue weighted by atomic mass is 9.45. The summed E-state index contributed by atoms with van der Waals surface area (Å²) in [5.41, 5.74) is -1.71. The summed E-state index contributed by atoms with van der Waals surface area (Å²) in [6.45, 7) is 6.36. The van der Waals surface area contributed by atoms with E-state index in [2.05, 4.69) is 0 Å². The van der Waals surface area contributed by atoms with Crippen LogP contribution in [0.3, 0.4) is 0 Å². The highest BCUT2D eigenvalue weighted by molar-refractivity contribution is 7.86. The maximum absolute atomic E-state index is 13.9. The van der Waals surface area contributed by atoms with Crippen LogP contribution >= 0.6 is 0 Å². The number of hydrogen-bond acceptors (Lipinski definition) is 6. The van der Waals surface area contributed by atoms with Crippen LogP contribution in [-0.2, 0) is 29.2 Å². The molecule has 4 saturated carbocycles. The minimum Gasteiger partial charge on any atom is -0.459 e. The molecule has 4 rings (SSSR count). The number of ether oxygens (including phenoxy) is 2. The van der Waals surface area contributed by atoms with E-state index in [9.17, 15) is 26.8 Å². The SMILES string of the molecule is CCC(C)C(=O)OC1(C)C2CC3CC1CC(C(=O)OC(C)C(F)(F)S(=O)(=O)O)(C3)C2. The Morgan fingerprint density at radius 3 is 2.17 bits per heavy atom. The maximum atomic E-state index is 13.9. The predicted molar refractivity (Wildman–Crippen MR) is 102 cm³/mol. The molecule has 10 heteroatoms. The average Bonchev–Trinajstić information content (AvgIpc) is 2.63. The first-order chi connectivity index (χ1) is 13.7. The lowest BCUT2D eigenvalue weighted by Gasteiger charge is -2.62. The van der Waals surface area contributed by atoms with Crippen molar-refractivity contribution in [1.29, 1.82) is 0 Å². The van der Waals surface area contributed by atoms with E-state index >= 15 is 0 Å². The van der Waals surface area contributed by atoms with Crippen molar-refractivity contribution in [2.24, 2.45) is 29.1 Å². The van der Waals surface area contributed by atoms with Crippen molar-refractivity contribution in [2.45, 2.75) is 83.2 Å². The Kier molecular flexibility index (Phi) is 5.76. The summed E-state index contributed by atoms with van der Waals surface area (Å²) < 4.78 is 69.2. The highest BCUT2D eigenvalue weighted by Gasteiger charge is 2.65. The van der Waals surface area contributed by atoms with E-state index in [1.54, 1.807) is 6.92 Å². The number of esters is 2. The van der Waals surface area contributed by atoms with Crippen LogP contribution in [0.5, 0.6) is 0 Å². The molecule has 4 aliphatic rings. The van der Waals surface area contributed by atoms with Crippen LogP contribution in [0.2, 0.25) is 0 Å². The molecule has 0 aliphatic heterocycles. The Labute approximate surface area is 175 Å². The van der Waals surface area contributed by atoms with Gasteiger partial charge in [-0.15, -0.1) is 0 Å². The Morgan fingerprint density at radius 1 is 1.17 bits per heavy atom. The highest BCUT2D eigenvalue weighted by Crippen LogP contribution is 2.65. The molecule has 0 spiro atoms. The van der Waals surface area contributed by atoms with Gasteiger partial charge in [-0.25, -0.2) is 0 Å². The minimum atomic E-state index is -5.71. The molecule has 4 aliphatic carbocycles. The van der Waals surface area contributed by atoms with Crippen molar-refractivity contribution in [3.8, 4) is 0 Å². The lowest BCUT2D eigenvalue weighted by molar-refractivity contribution is -0.230. The molecular weight excluding hydrogens is 422 g/mol. The largest absolute Gasteiger partial charge is 0.459 e. The molecule has 4 fully saturated rings. The molecular formula is C20H30F2O7S. The number of halogens is 2. The Bertz CT molecular complexity index is 809. The summed E-state index contributed by atoms with van der Waals surface area (Å²) in [5, 5.41) is -4.59. The molecule has 0 saturated heterocycles. The van der Waals surface area contributed by atoms with Gasteiger partial charge in [0, 0.05) is 11.8 Å². The van der Waals surface area contributed by atoms with Crippen molar-refractivity contribution < 1.29 is 40.8 Å². The summed E-state index contributed by atoms with van der Waals surface area (Å²) in [5.74, 6) is -1.37. The van der Waals surface area contributed by atoms with Crippen molar-refractivity contribution >= 4 is 22.1 Å². The quantitative estimate of drug-likeness (QED) is 0.465. The van der Waals surface area contributed by atoms with Gasteiger partial charge in [0.2, 0.25) is 0 Å². The van der Waals surface area contributed by atoms with Gasteiger partial charge in [-0.2, -0.15) is 17.2 Å². The molecule has 172 valence electrons. The van der Waals surface area contributed by atoms with E-state index < -0.39 is 38.5 Å². The molecule has 4 bridgehead atoms. The van der Waals surface area contributed by atoms with E-state index in [-0.39, 0.29) is 29.6 Å². The number of carbonyl (C=O) groups is 2. The monoisotopic (exact) mass is 452 g/mol. The molecule has 4 unspecified atom stereocenters. The fourth-order valence-electron chi connectivity index (χ4n) is 5.65. The maximum Gasteiger partial charge on any atom is 0.405 e. The predicted octanol–water partition coefficient (Wildman–Crippen LogP) is 3.57. The van der Waals surface area contributed by atoms with Gasteiger partial charge in [0.25, 0.3) is 0 Å². The Hall–Kier alpha value is -1.29. The second kappa shape index (κ2) is 7.39. The minimum absolute atomic E-state index is 0.0957. The second-order valence-corrected chi connectivity index (χ2v) is 11.1. The Morgan fingerprint density at radius 2 is 1.70 bits per heavy atom. The first-order valence-corrected chi connectivity index (χ1v) is 11.9. The van der Waals surface area contributed by atoms with Crippen molar-refractivity contribution in [2.75, 3.05) is 0 Å². The zero-order valence-electron chi connectivity index (χ0n) is 17.7. The van der Waals surface area contributed by atoms with E-state index in [0.717, 1.165) is 19.8 Å². The van der Waals surface area contributed by atoms with Crippen LogP contribution < -0.4 is 0 Å². The van der Waals surface area contributed by atoms with E-state index in [4.69, 9.17) is 14.0 Å². The average molecular weight is 453 g/mol. The van der Waals surface area contributed by atoms with Crippen LogP contribution in [0.4, 0.5) is 8.78 Å². The molecule has 0 amide bonds. The number of alkyl halides is 2. The number of carbonyl (C=O) groups excluding carboxylic acids is 2. The van der Waals surface area contributed by atoms with Crippen LogP contribution in [0.25, 0.3) is 0 Å². The molecule has 4 atom stereocenters. The van der Waals surface area contributed by atoms with Crippen molar-refractivity contribution in [1.82, 2.24) is 0 Å². The normalized spacial score (nSPS) is 37.5. The third kappa shape index (κ3) is 3.63. The van der Waals surface area contributed by atoms with Gasteiger partial charge in [-0.1, -0.05) is 13.8 Å². The van der Waals surface area contributed by atoms with Gasteiger partial charge >= 0.3 is 27.3 Å². The van der Waals surface area contributed by atoms with Crippen LogP contribution in [0, 0.1) is 29.1 Å². The Balaban J connectivity index is 1.78. The zero-order valence-corrected chi connectivity index (χ0v) is 18.5. The van der Waals surface area contributed by atoms with Crippen LogP contribution in [0.1, 0.15) is 66.2 Å². The molecule has 0 radical (unpaired) electrons. The smallest absolute Gasteiger partial charge is 0.405 e. The molecule has 0 aromatic rings. The molecule has 0 aromatic heterocycles. The summed E-state index contributed by atoms with van der Waals surface area (Å²) in [4.78, 5) is 25.4. The third-order valence-corrected chi connectivity index (χ3v) is 8.70. The zero-order chi connectivity index (χ0) is 22.7. The van der Waals surface area contributed by atoms with Gasteiger partial charge in [-0.05, 0) is 58.3 Å². The molecule has 30 heavy (non-hydrogen) atoms. The second-order valence-electron chi connectivity index (χ2n) is 9.62. The van der Waals surface area contributed by atoms with Crippen molar-refractivity contribution in [3.05, 3.63) is 0 Å². The first kappa shape index (κ1) is 23.4. The summed E-state index contributed by atoms with van der Waals surface area (Å²) in [6, 6.07) is 0. The standard InChI is InChI=1S/C20H30F2O7S/c1-5-11(2)16(23)29-18(4)14-6-13-7-15(18)10-19(8-13,9-14)17(24)28-12(3)20(21,22)30(25,26)27/h11-15H,5-10H2,1-4H3,(H,25,26,27). The highest BCUT2D eigenvalue weighted by atomic mass is 32.2. The van der Waals surface area contributed by atoms with Crippen LogP contribution in [0.15, 0.2) is 0 Å². The lowest BCUT2D eigenvalue weighted by Crippen LogP contribution is -2.63. The summed E-state index contributed by atoms with van der Waals surface area (Å²) >= 11 is 0. The first-order valence-electron chi connectivity index (χ1n) is 10.4. The van der Waals surface area contributed by atoms with Gasteiger partial charge in [0.1, 0.15) is 5.60 Å².